The largest absolute Gasteiger partial charge is 0.494 e. The van der Waals surface area contributed by atoms with E-state index in [1.54, 1.807) is 41.3 Å². The van der Waals surface area contributed by atoms with Crippen molar-refractivity contribution < 1.29 is 23.6 Å². The summed E-state index contributed by atoms with van der Waals surface area (Å²) in [6, 6.07) is 14.8. The molecule has 8 nitrogen and oxygen atoms in total. The molecule has 0 aromatic heterocycles. The highest BCUT2D eigenvalue weighted by Gasteiger charge is 2.25. The number of amides is 2. The van der Waals surface area contributed by atoms with Gasteiger partial charge in [-0.15, -0.1) is 0 Å². The van der Waals surface area contributed by atoms with Crippen LogP contribution in [0, 0.1) is 15.9 Å². The molecule has 1 fully saturated rings. The predicted molar refractivity (Wildman–Crippen MR) is 126 cm³/mol. The second-order valence-electron chi connectivity index (χ2n) is 7.46. The van der Waals surface area contributed by atoms with Crippen molar-refractivity contribution in [3.63, 3.8) is 0 Å². The highest BCUT2D eigenvalue weighted by Crippen LogP contribution is 2.36. The molecule has 1 heterocycles. The molecule has 0 unspecified atom stereocenters. The van der Waals surface area contributed by atoms with Crippen LogP contribution in [0.1, 0.15) is 23.2 Å². The zero-order valence-electron chi connectivity index (χ0n) is 18.1. The lowest BCUT2D eigenvalue weighted by molar-refractivity contribution is -0.384. The average molecular weight is 482 g/mol. The van der Waals surface area contributed by atoms with Gasteiger partial charge in [0, 0.05) is 46.6 Å². The van der Waals surface area contributed by atoms with Crippen molar-refractivity contribution in [2.24, 2.45) is 0 Å². The van der Waals surface area contributed by atoms with Gasteiger partial charge in [0.25, 0.3) is 11.6 Å². The Balaban J connectivity index is 1.64. The molecule has 1 aliphatic rings. The second kappa shape index (κ2) is 9.92. The number of anilines is 2. The molecule has 174 valence electrons. The summed E-state index contributed by atoms with van der Waals surface area (Å²) in [5.41, 5.74) is 0.753. The van der Waals surface area contributed by atoms with E-state index in [2.05, 4.69) is 5.32 Å². The highest BCUT2D eigenvalue weighted by atomic mass is 32.2. The lowest BCUT2D eigenvalue weighted by atomic mass is 10.1. The van der Waals surface area contributed by atoms with E-state index < -0.39 is 16.6 Å². The molecule has 0 aliphatic carbocycles. The summed E-state index contributed by atoms with van der Waals surface area (Å²) in [4.78, 5) is 38.2. The van der Waals surface area contributed by atoms with Crippen LogP contribution in [0.25, 0.3) is 0 Å². The normalized spacial score (nSPS) is 13.1. The number of carbonyl (C=O) groups is 2. The molecule has 10 heteroatoms. The fourth-order valence-corrected chi connectivity index (χ4v) is 4.57. The van der Waals surface area contributed by atoms with Gasteiger partial charge in [0.05, 0.1) is 23.3 Å². The second-order valence-corrected chi connectivity index (χ2v) is 8.54. The summed E-state index contributed by atoms with van der Waals surface area (Å²) in [5, 5.41) is 14.0. The number of ether oxygens (including phenoxy) is 1. The van der Waals surface area contributed by atoms with Crippen LogP contribution in [0.5, 0.6) is 5.75 Å². The van der Waals surface area contributed by atoms with Gasteiger partial charge in [0.15, 0.2) is 0 Å². The van der Waals surface area contributed by atoms with Crippen molar-refractivity contribution in [1.82, 2.24) is 0 Å². The number of nitrogens with one attached hydrogen (secondary N) is 1. The van der Waals surface area contributed by atoms with E-state index in [4.69, 9.17) is 4.74 Å². The van der Waals surface area contributed by atoms with Gasteiger partial charge in [-0.1, -0.05) is 23.9 Å². The number of hydrogen-bond donors (Lipinski definition) is 1. The molecule has 0 spiro atoms. The Hall–Kier alpha value is -3.92. The lowest BCUT2D eigenvalue weighted by Gasteiger charge is -2.20. The van der Waals surface area contributed by atoms with Gasteiger partial charge in [0.2, 0.25) is 5.91 Å². The zero-order chi connectivity index (χ0) is 24.2. The number of non-ortho nitro benzene ring substituents is 1. The molecular weight excluding hydrogens is 461 g/mol. The number of benzene rings is 3. The fraction of sp³-hybridized carbons (Fsp3) is 0.167. The van der Waals surface area contributed by atoms with E-state index in [-0.39, 0.29) is 22.1 Å². The number of halogens is 1. The minimum atomic E-state index is -0.602. The Morgan fingerprint density at radius 3 is 2.62 bits per heavy atom. The van der Waals surface area contributed by atoms with Crippen LogP contribution < -0.4 is 15.0 Å². The van der Waals surface area contributed by atoms with Crippen molar-refractivity contribution in [2.75, 3.05) is 23.9 Å². The number of hydrogen-bond acceptors (Lipinski definition) is 6. The third-order valence-electron chi connectivity index (χ3n) is 5.28. The first kappa shape index (κ1) is 23.2. The molecule has 4 rings (SSSR count). The molecule has 3 aromatic rings. The van der Waals surface area contributed by atoms with Crippen molar-refractivity contribution in [1.29, 1.82) is 0 Å². The van der Waals surface area contributed by atoms with Crippen LogP contribution in [0.4, 0.5) is 21.5 Å². The minimum Gasteiger partial charge on any atom is -0.494 e. The smallest absolute Gasteiger partial charge is 0.270 e. The van der Waals surface area contributed by atoms with Gasteiger partial charge < -0.3 is 15.0 Å². The molecule has 1 saturated heterocycles. The fourth-order valence-electron chi connectivity index (χ4n) is 3.62. The Labute approximate surface area is 198 Å². The Kier molecular flexibility index (Phi) is 6.78. The van der Waals surface area contributed by atoms with E-state index in [9.17, 15) is 24.1 Å². The topological polar surface area (TPSA) is 102 Å². The third kappa shape index (κ3) is 4.86. The van der Waals surface area contributed by atoms with E-state index in [1.165, 1.54) is 25.3 Å². The maximum atomic E-state index is 14.2. The molecule has 0 radical (unpaired) electrons. The number of carbonyl (C=O) groups excluding carboxylic acids is 2. The monoisotopic (exact) mass is 481 g/mol. The van der Waals surface area contributed by atoms with Crippen LogP contribution in [0.3, 0.4) is 0 Å². The maximum Gasteiger partial charge on any atom is 0.270 e. The lowest BCUT2D eigenvalue weighted by Crippen LogP contribution is -2.24. The molecule has 3 aromatic carbocycles. The molecular formula is C24H20FN3O5S. The first-order valence-electron chi connectivity index (χ1n) is 10.4. The first-order valence-corrected chi connectivity index (χ1v) is 11.2. The molecule has 1 aliphatic heterocycles. The Morgan fingerprint density at radius 1 is 1.15 bits per heavy atom. The summed E-state index contributed by atoms with van der Waals surface area (Å²) in [6.07, 6.45) is 1.23. The van der Waals surface area contributed by atoms with Crippen LogP contribution in [0.2, 0.25) is 0 Å². The van der Waals surface area contributed by atoms with Crippen molar-refractivity contribution in [3.8, 4) is 5.75 Å². The average Bonchev–Trinajstić information content (AvgIpc) is 3.26. The third-order valence-corrected chi connectivity index (χ3v) is 6.40. The van der Waals surface area contributed by atoms with Crippen LogP contribution >= 0.6 is 11.8 Å². The summed E-state index contributed by atoms with van der Waals surface area (Å²) in [5.74, 6) is -0.655. The quantitative estimate of drug-likeness (QED) is 0.364. The molecule has 0 bridgehead atoms. The Morgan fingerprint density at radius 2 is 1.94 bits per heavy atom. The number of rotatable bonds is 7. The number of nitro benzene ring substituents is 1. The molecule has 34 heavy (non-hydrogen) atoms. The zero-order valence-corrected chi connectivity index (χ0v) is 18.9. The van der Waals surface area contributed by atoms with Gasteiger partial charge in [-0.05, 0) is 36.8 Å². The maximum absolute atomic E-state index is 14.2. The molecule has 0 saturated carbocycles. The summed E-state index contributed by atoms with van der Waals surface area (Å²) < 4.78 is 19.6. The minimum absolute atomic E-state index is 0.00138. The summed E-state index contributed by atoms with van der Waals surface area (Å²) in [7, 11) is 1.47. The molecule has 0 atom stereocenters. The SMILES string of the molecule is COc1cc(NC(=O)c2cc([N+](=O)[O-])ccc2Sc2ccccc2F)ccc1N1CCCC1=O. The standard InChI is InChI=1S/C24H20FN3O5S/c1-33-20-13-15(8-10-19(20)27-12-4-7-23(27)29)26-24(30)17-14-16(28(31)32)9-11-21(17)34-22-6-3-2-5-18(22)25/h2-3,5-6,8-11,13-14H,4,7,12H2,1H3,(H,26,30). The van der Waals surface area contributed by atoms with Gasteiger partial charge in [-0.3, -0.25) is 19.7 Å². The summed E-state index contributed by atoms with van der Waals surface area (Å²) in [6.45, 7) is 0.589. The van der Waals surface area contributed by atoms with Gasteiger partial charge >= 0.3 is 0 Å². The number of nitrogens with zero attached hydrogens (tertiary/aromatic N) is 2. The first-order chi connectivity index (χ1) is 16.4. The number of nitro groups is 1. The van der Waals surface area contributed by atoms with E-state index >= 15 is 0 Å². The van der Waals surface area contributed by atoms with E-state index in [0.29, 0.717) is 35.0 Å². The van der Waals surface area contributed by atoms with Crippen molar-refractivity contribution >= 4 is 40.6 Å². The van der Waals surface area contributed by atoms with Crippen molar-refractivity contribution in [3.05, 3.63) is 82.2 Å². The van der Waals surface area contributed by atoms with Crippen LogP contribution in [-0.2, 0) is 4.79 Å². The molecule has 2 amide bonds. The highest BCUT2D eigenvalue weighted by molar-refractivity contribution is 7.99. The van der Waals surface area contributed by atoms with Crippen molar-refractivity contribution in [2.45, 2.75) is 22.6 Å². The van der Waals surface area contributed by atoms with Crippen LogP contribution in [-0.4, -0.2) is 30.4 Å². The Bertz CT molecular complexity index is 1280. The van der Waals surface area contributed by atoms with Crippen LogP contribution in [0.15, 0.2) is 70.5 Å². The molecule has 1 N–H and O–H groups in total. The van der Waals surface area contributed by atoms with Gasteiger partial charge in [-0.2, -0.15) is 0 Å². The summed E-state index contributed by atoms with van der Waals surface area (Å²) >= 11 is 1.00. The predicted octanol–water partition coefficient (Wildman–Crippen LogP) is 5.27. The van der Waals surface area contributed by atoms with E-state index in [1.807, 2.05) is 0 Å². The van der Waals surface area contributed by atoms with Gasteiger partial charge in [-0.25, -0.2) is 4.39 Å². The van der Waals surface area contributed by atoms with E-state index in [0.717, 1.165) is 24.2 Å². The van der Waals surface area contributed by atoms with Gasteiger partial charge in [0.1, 0.15) is 11.6 Å². The number of methoxy groups -OCH3 is 1.